The Bertz CT molecular complexity index is 682. The first-order chi connectivity index (χ1) is 20.4. The first kappa shape index (κ1) is 40.1. The van der Waals surface area contributed by atoms with E-state index in [0.29, 0.717) is 38.6 Å². The Kier molecular flexibility index (Phi) is 29.2. The molecular weight excluding hydrogens is 528 g/mol. The highest BCUT2D eigenvalue weighted by Gasteiger charge is 2.19. The van der Waals surface area contributed by atoms with Crippen molar-refractivity contribution in [3.8, 4) is 0 Å². The SMILES string of the molecule is CCCCCCCC/C=C\C(CCCCCCC(=O)NC(CCCN)C(=O)O)OC(=O)CCCCCCCCCCC. The Morgan fingerprint density at radius 1 is 0.690 bits per heavy atom. The van der Waals surface area contributed by atoms with Crippen LogP contribution < -0.4 is 11.1 Å². The molecule has 2 atom stereocenters. The molecule has 0 rings (SSSR count). The maximum Gasteiger partial charge on any atom is 0.326 e. The van der Waals surface area contributed by atoms with Gasteiger partial charge in [-0.3, -0.25) is 9.59 Å². The molecule has 0 aliphatic carbocycles. The van der Waals surface area contributed by atoms with Gasteiger partial charge in [-0.15, -0.1) is 0 Å². The summed E-state index contributed by atoms with van der Waals surface area (Å²) >= 11 is 0. The van der Waals surface area contributed by atoms with Crippen molar-refractivity contribution in [2.24, 2.45) is 5.73 Å². The molecular formula is C35H66N2O5. The number of rotatable bonds is 31. The number of esters is 1. The average molecular weight is 595 g/mol. The van der Waals surface area contributed by atoms with E-state index in [-0.39, 0.29) is 18.0 Å². The number of carboxylic acid groups (broad SMARTS) is 1. The Hall–Kier alpha value is -1.89. The number of carbonyl (C=O) groups is 3. The summed E-state index contributed by atoms with van der Waals surface area (Å²) in [6.45, 7) is 4.88. The topological polar surface area (TPSA) is 119 Å². The minimum absolute atomic E-state index is 0.0912. The van der Waals surface area contributed by atoms with E-state index in [1.165, 1.54) is 83.5 Å². The lowest BCUT2D eigenvalue weighted by atomic mass is 10.1. The number of amides is 1. The first-order valence-corrected chi connectivity index (χ1v) is 17.5. The molecule has 7 nitrogen and oxygen atoms in total. The van der Waals surface area contributed by atoms with E-state index in [0.717, 1.165) is 44.9 Å². The Morgan fingerprint density at radius 3 is 1.79 bits per heavy atom. The lowest BCUT2D eigenvalue weighted by Crippen LogP contribution is -2.40. The molecule has 246 valence electrons. The van der Waals surface area contributed by atoms with Crippen LogP contribution in [-0.4, -0.2) is 41.6 Å². The number of carboxylic acids is 1. The second-order valence-corrected chi connectivity index (χ2v) is 11.9. The maximum atomic E-state index is 12.6. The van der Waals surface area contributed by atoms with Crippen LogP contribution in [0.2, 0.25) is 0 Å². The van der Waals surface area contributed by atoms with E-state index in [1.807, 2.05) is 0 Å². The molecule has 0 aromatic carbocycles. The van der Waals surface area contributed by atoms with Crippen LogP contribution in [0.15, 0.2) is 12.2 Å². The predicted octanol–water partition coefficient (Wildman–Crippen LogP) is 8.77. The molecule has 0 spiro atoms. The monoisotopic (exact) mass is 594 g/mol. The van der Waals surface area contributed by atoms with Gasteiger partial charge >= 0.3 is 11.9 Å². The van der Waals surface area contributed by atoms with Crippen LogP contribution in [0.1, 0.15) is 174 Å². The molecule has 4 N–H and O–H groups in total. The van der Waals surface area contributed by atoms with Gasteiger partial charge in [0.1, 0.15) is 12.1 Å². The van der Waals surface area contributed by atoms with Crippen LogP contribution in [0.3, 0.4) is 0 Å². The van der Waals surface area contributed by atoms with Crippen LogP contribution in [-0.2, 0) is 19.1 Å². The third kappa shape index (κ3) is 27.0. The summed E-state index contributed by atoms with van der Waals surface area (Å²) in [5.41, 5.74) is 5.46. The minimum Gasteiger partial charge on any atom is -0.480 e. The van der Waals surface area contributed by atoms with Crippen molar-refractivity contribution in [2.45, 2.75) is 187 Å². The van der Waals surface area contributed by atoms with Crippen LogP contribution in [0.5, 0.6) is 0 Å². The van der Waals surface area contributed by atoms with Gasteiger partial charge in [-0.2, -0.15) is 0 Å². The third-order valence-corrected chi connectivity index (χ3v) is 7.82. The van der Waals surface area contributed by atoms with Gasteiger partial charge in [0, 0.05) is 12.8 Å². The summed E-state index contributed by atoms with van der Waals surface area (Å²) < 4.78 is 5.87. The standard InChI is InChI=1S/C35H66N2O5/c1-3-5-7-9-11-13-15-17-23-29-34(39)42-31(25-20-16-14-12-10-8-6-4-2)26-21-18-19-22-28-33(38)37-32(35(40)41)27-24-30-36/h20,25,31-32H,3-19,21-24,26-30,36H2,1-2H3,(H,37,38)(H,40,41)/b25-20-. The van der Waals surface area contributed by atoms with Gasteiger partial charge in [0.15, 0.2) is 0 Å². The second-order valence-electron chi connectivity index (χ2n) is 11.9. The molecule has 0 aliphatic rings. The summed E-state index contributed by atoms with van der Waals surface area (Å²) in [6, 6.07) is -0.866. The fraction of sp³-hybridized carbons (Fsp3) is 0.857. The number of aliphatic carboxylic acids is 1. The maximum absolute atomic E-state index is 12.6. The molecule has 0 bridgehead atoms. The Balaban J connectivity index is 4.37. The zero-order chi connectivity index (χ0) is 31.1. The van der Waals surface area contributed by atoms with Gasteiger partial charge < -0.3 is 20.9 Å². The van der Waals surface area contributed by atoms with Crippen molar-refractivity contribution in [3.05, 3.63) is 12.2 Å². The molecule has 0 aromatic rings. The summed E-state index contributed by atoms with van der Waals surface area (Å²) in [5, 5.41) is 11.9. The fourth-order valence-corrected chi connectivity index (χ4v) is 5.12. The van der Waals surface area contributed by atoms with Crippen molar-refractivity contribution in [2.75, 3.05) is 6.54 Å². The van der Waals surface area contributed by atoms with Gasteiger partial charge in [0.2, 0.25) is 5.91 Å². The molecule has 7 heteroatoms. The van der Waals surface area contributed by atoms with Crippen molar-refractivity contribution in [3.63, 3.8) is 0 Å². The largest absolute Gasteiger partial charge is 0.480 e. The van der Waals surface area contributed by atoms with Crippen molar-refractivity contribution >= 4 is 17.8 Å². The first-order valence-electron chi connectivity index (χ1n) is 17.5. The van der Waals surface area contributed by atoms with Gasteiger partial charge in [-0.05, 0) is 64.0 Å². The zero-order valence-electron chi connectivity index (χ0n) is 27.4. The number of nitrogens with two attached hydrogens (primary N) is 1. The van der Waals surface area contributed by atoms with Crippen LogP contribution >= 0.6 is 0 Å². The lowest BCUT2D eigenvalue weighted by Gasteiger charge is -2.15. The molecule has 0 aliphatic heterocycles. The van der Waals surface area contributed by atoms with Gasteiger partial charge in [-0.1, -0.05) is 116 Å². The number of carbonyl (C=O) groups excluding carboxylic acids is 2. The quantitative estimate of drug-likeness (QED) is 0.0419. The van der Waals surface area contributed by atoms with E-state index < -0.39 is 12.0 Å². The second kappa shape index (κ2) is 30.6. The Morgan fingerprint density at radius 2 is 1.21 bits per heavy atom. The van der Waals surface area contributed by atoms with E-state index in [4.69, 9.17) is 10.5 Å². The van der Waals surface area contributed by atoms with Crippen LogP contribution in [0, 0.1) is 0 Å². The van der Waals surface area contributed by atoms with Gasteiger partial charge in [0.25, 0.3) is 0 Å². The van der Waals surface area contributed by atoms with E-state index in [2.05, 4.69) is 31.3 Å². The highest BCUT2D eigenvalue weighted by atomic mass is 16.5. The van der Waals surface area contributed by atoms with E-state index in [9.17, 15) is 19.5 Å². The van der Waals surface area contributed by atoms with Crippen molar-refractivity contribution < 1.29 is 24.2 Å². The minimum atomic E-state index is -1.01. The smallest absolute Gasteiger partial charge is 0.326 e. The summed E-state index contributed by atoms with van der Waals surface area (Å²) in [4.78, 5) is 36.0. The fourth-order valence-electron chi connectivity index (χ4n) is 5.12. The van der Waals surface area contributed by atoms with Gasteiger partial charge in [0.05, 0.1) is 0 Å². The third-order valence-electron chi connectivity index (χ3n) is 7.82. The molecule has 2 unspecified atom stereocenters. The number of hydrogen-bond donors (Lipinski definition) is 3. The zero-order valence-corrected chi connectivity index (χ0v) is 27.4. The molecule has 0 fully saturated rings. The highest BCUT2D eigenvalue weighted by molar-refractivity contribution is 5.83. The summed E-state index contributed by atoms with van der Waals surface area (Å²) in [5.74, 6) is -1.33. The lowest BCUT2D eigenvalue weighted by molar-refractivity contribution is -0.147. The predicted molar refractivity (Wildman–Crippen MR) is 174 cm³/mol. The number of hydrogen-bond acceptors (Lipinski definition) is 5. The number of unbranched alkanes of at least 4 members (excludes halogenated alkanes) is 17. The number of nitrogens with one attached hydrogen (secondary N) is 1. The molecule has 42 heavy (non-hydrogen) atoms. The molecule has 0 radical (unpaired) electrons. The highest BCUT2D eigenvalue weighted by Crippen LogP contribution is 2.15. The van der Waals surface area contributed by atoms with Crippen LogP contribution in [0.4, 0.5) is 0 Å². The molecule has 0 heterocycles. The van der Waals surface area contributed by atoms with E-state index >= 15 is 0 Å². The summed E-state index contributed by atoms with van der Waals surface area (Å²) in [6.07, 6.45) is 29.8. The Labute approximate surface area is 258 Å². The number of allylic oxidation sites excluding steroid dienone is 1. The van der Waals surface area contributed by atoms with Gasteiger partial charge in [-0.25, -0.2) is 4.79 Å². The van der Waals surface area contributed by atoms with Crippen molar-refractivity contribution in [1.29, 1.82) is 0 Å². The molecule has 1 amide bonds. The molecule has 0 aromatic heterocycles. The normalized spacial score (nSPS) is 12.8. The van der Waals surface area contributed by atoms with E-state index in [1.54, 1.807) is 0 Å². The molecule has 0 saturated carbocycles. The molecule has 0 saturated heterocycles. The number of ether oxygens (including phenoxy) is 1. The van der Waals surface area contributed by atoms with Crippen molar-refractivity contribution in [1.82, 2.24) is 5.32 Å². The summed E-state index contributed by atoms with van der Waals surface area (Å²) in [7, 11) is 0. The van der Waals surface area contributed by atoms with Crippen LogP contribution in [0.25, 0.3) is 0 Å². The average Bonchev–Trinajstić information content (AvgIpc) is 2.97.